The van der Waals surface area contributed by atoms with Crippen molar-refractivity contribution in [2.24, 2.45) is 0 Å². The van der Waals surface area contributed by atoms with Gasteiger partial charge in [-0.1, -0.05) is 25.0 Å². The van der Waals surface area contributed by atoms with Crippen LogP contribution in [0.3, 0.4) is 0 Å². The van der Waals surface area contributed by atoms with Crippen LogP contribution in [0.25, 0.3) is 0 Å². The van der Waals surface area contributed by atoms with Crippen LogP contribution in [0.5, 0.6) is 0 Å². The SMILES string of the molecule is C1=C\CCCCCC/1.ClCCl.O=[N+]([O-])c1c(C(F)(F)F)nn([BH-](n2nc(C(F)(F)F)c([N+](=O)[O-])c2C(F)(F)F)n2nc(C(F)(F)F)c([N+](=O)[O-])c2C(F)(F)F)c1C(F)(F)F.[Ag+]. The van der Waals surface area contributed by atoms with Gasteiger partial charge < -0.3 is 13.8 Å². The second kappa shape index (κ2) is 19.8. The van der Waals surface area contributed by atoms with Gasteiger partial charge in [0.25, 0.3) is 0 Å². The second-order valence-electron chi connectivity index (χ2n) is 11.4. The van der Waals surface area contributed by atoms with Crippen LogP contribution >= 0.6 is 23.2 Å². The molecule has 0 atom stereocenters. The molecule has 3 aromatic rings. The van der Waals surface area contributed by atoms with E-state index in [9.17, 15) is 109 Å². The summed E-state index contributed by atoms with van der Waals surface area (Å²) in [4.78, 5) is 26.0. The Hall–Kier alpha value is -4.30. The maximum Gasteiger partial charge on any atom is 1.00 e. The van der Waals surface area contributed by atoms with Crippen molar-refractivity contribution in [1.82, 2.24) is 29.1 Å². The Kier molecular flexibility index (Phi) is 17.8. The molecule has 3 aromatic heterocycles. The Balaban J connectivity index is 0.00000135. The molecule has 37 heteroatoms. The van der Waals surface area contributed by atoms with E-state index in [0.29, 0.717) is 0 Å². The van der Waals surface area contributed by atoms with Gasteiger partial charge in [-0.25, -0.2) is 15.3 Å². The Labute approximate surface area is 349 Å². The predicted molar refractivity (Wildman–Crippen MR) is 163 cm³/mol. The number of aromatic nitrogens is 6. The molecule has 0 N–H and O–H groups in total. The molecule has 0 saturated heterocycles. The van der Waals surface area contributed by atoms with Crippen LogP contribution in [0.15, 0.2) is 12.2 Å². The summed E-state index contributed by atoms with van der Waals surface area (Å²) in [6.07, 6.45) is -27.5. The third-order valence-electron chi connectivity index (χ3n) is 7.40. The van der Waals surface area contributed by atoms with Crippen LogP contribution in [0.4, 0.5) is 96.1 Å². The first-order chi connectivity index (χ1) is 27.1. The Morgan fingerprint density at radius 3 is 0.869 bits per heavy atom. The molecule has 0 aliphatic heterocycles. The maximum absolute atomic E-state index is 14.1. The number of nitro groups is 3. The first kappa shape index (κ1) is 54.7. The van der Waals surface area contributed by atoms with E-state index in [1.54, 1.807) is 0 Å². The molecular formula is C24H17AgBCl2F18N9O6. The van der Waals surface area contributed by atoms with Crippen LogP contribution in [0, 0.1) is 30.3 Å². The second-order valence-corrected chi connectivity index (χ2v) is 12.2. The fraction of sp³-hybridized carbons (Fsp3) is 0.542. The van der Waals surface area contributed by atoms with Gasteiger partial charge in [0.2, 0.25) is 17.1 Å². The minimum absolute atomic E-state index is 0. The largest absolute Gasteiger partial charge is 1.00 e. The first-order valence-electron chi connectivity index (χ1n) is 15.2. The van der Waals surface area contributed by atoms with Crippen molar-refractivity contribution < 1.29 is 116 Å². The van der Waals surface area contributed by atoms with Gasteiger partial charge >= 0.3 is 83.6 Å². The van der Waals surface area contributed by atoms with E-state index in [1.807, 2.05) is 15.3 Å². The molecule has 0 amide bonds. The summed E-state index contributed by atoms with van der Waals surface area (Å²) in [5, 5.41) is 39.8. The van der Waals surface area contributed by atoms with Crippen LogP contribution < -0.4 is 0 Å². The summed E-state index contributed by atoms with van der Waals surface area (Å²) < 4.78 is 244. The molecule has 0 unspecified atom stereocenters. The molecule has 1 aliphatic rings. The standard InChI is InChI=1S/C15HBF18N9O6.C8H14.CH2Cl2.Ag/c17-10(18,19)4-1(41(44)45)7(13(26,27)28)38(35-4)16(39-8(14(29,30)31)2(42(46)47)5(36-39)11(20,21)22)40-9(15(32,33)34)3(43(48)49)6(37-40)12(23,24)25;1-2-4-6-8-7-5-3-1;2-1-3;/h16H;1-2H,3-8H2;1H2;/q-1;;;+1/b;2-1-;;. The first-order valence-corrected chi connectivity index (χ1v) is 16.3. The molecule has 348 valence electrons. The van der Waals surface area contributed by atoms with Gasteiger partial charge in [0, 0.05) is 0 Å². The summed E-state index contributed by atoms with van der Waals surface area (Å²) in [6, 6.07) is 0. The summed E-state index contributed by atoms with van der Waals surface area (Å²) in [7, 11) is -6.36. The molecule has 0 fully saturated rings. The van der Waals surface area contributed by atoms with Crippen LogP contribution in [0.2, 0.25) is 0 Å². The number of hydrogen-bond acceptors (Lipinski definition) is 9. The summed E-state index contributed by atoms with van der Waals surface area (Å²) in [5.74, 6) is 0. The van der Waals surface area contributed by atoms with Crippen molar-refractivity contribution >= 4 is 47.4 Å². The number of rotatable bonds is 6. The number of allylic oxidation sites excluding steroid dienone is 2. The predicted octanol–water partition coefficient (Wildman–Crippen LogP) is 10.1. The van der Waals surface area contributed by atoms with Crippen molar-refractivity contribution in [1.29, 1.82) is 0 Å². The quantitative estimate of drug-likeness (QED) is 0.0579. The summed E-state index contributed by atoms with van der Waals surface area (Å²) >= 11 is 9.53. The third-order valence-corrected chi connectivity index (χ3v) is 7.40. The summed E-state index contributed by atoms with van der Waals surface area (Å²) in [6.45, 7) is 0. The number of alkyl halides is 20. The molecule has 3 heterocycles. The normalized spacial score (nSPS) is 14.8. The molecule has 15 nitrogen and oxygen atoms in total. The monoisotopic (exact) mass is 1060 g/mol. The topological polar surface area (TPSA) is 183 Å². The zero-order chi connectivity index (χ0) is 46.7. The fourth-order valence-electron chi connectivity index (χ4n) is 5.40. The van der Waals surface area contributed by atoms with Gasteiger partial charge in [0.15, 0.2) is 17.1 Å². The van der Waals surface area contributed by atoms with Crippen molar-refractivity contribution in [2.45, 2.75) is 75.6 Å². The zero-order valence-electron chi connectivity index (χ0n) is 28.6. The van der Waals surface area contributed by atoms with E-state index in [2.05, 4.69) is 12.2 Å². The number of nitrogens with zero attached hydrogens (tertiary/aromatic N) is 9. The number of hydrogen-bond donors (Lipinski definition) is 0. The van der Waals surface area contributed by atoms with Gasteiger partial charge in [-0.2, -0.15) is 79.0 Å². The van der Waals surface area contributed by atoms with Crippen LogP contribution in [-0.2, 0) is 59.4 Å². The van der Waals surface area contributed by atoms with E-state index in [1.165, 1.54) is 38.5 Å². The molecular weight excluding hydrogens is 1040 g/mol. The Morgan fingerprint density at radius 1 is 0.492 bits per heavy atom. The van der Waals surface area contributed by atoms with Gasteiger partial charge in [0.05, 0.1) is 20.1 Å². The zero-order valence-corrected chi connectivity index (χ0v) is 31.6. The van der Waals surface area contributed by atoms with Crippen LogP contribution in [0.1, 0.15) is 72.7 Å². The molecule has 0 saturated carbocycles. The van der Waals surface area contributed by atoms with Gasteiger partial charge in [0.1, 0.15) is 0 Å². The van der Waals surface area contributed by atoms with Crippen molar-refractivity contribution in [2.75, 3.05) is 5.34 Å². The van der Waals surface area contributed by atoms with E-state index in [4.69, 9.17) is 23.2 Å². The summed E-state index contributed by atoms with van der Waals surface area (Å²) in [5.41, 5.74) is -32.1. The van der Waals surface area contributed by atoms with Gasteiger partial charge in [-0.05, 0) is 25.7 Å². The van der Waals surface area contributed by atoms with Crippen molar-refractivity contribution in [3.05, 3.63) is 76.7 Å². The van der Waals surface area contributed by atoms with E-state index < -0.39 is 124 Å². The van der Waals surface area contributed by atoms with Crippen molar-refractivity contribution in [3.63, 3.8) is 0 Å². The molecule has 0 bridgehead atoms. The molecule has 4 rings (SSSR count). The Bertz CT molecular complexity index is 1860. The van der Waals surface area contributed by atoms with Gasteiger partial charge in [-0.15, -0.1) is 23.2 Å². The maximum atomic E-state index is 14.1. The molecule has 1 aliphatic carbocycles. The van der Waals surface area contributed by atoms with Gasteiger partial charge in [-0.3, -0.25) is 30.3 Å². The Morgan fingerprint density at radius 2 is 0.705 bits per heavy atom. The molecule has 0 aromatic carbocycles. The number of halogens is 20. The minimum Gasteiger partial charge on any atom is -0.386 e. The van der Waals surface area contributed by atoms with Crippen molar-refractivity contribution in [3.8, 4) is 0 Å². The fourth-order valence-corrected chi connectivity index (χ4v) is 5.40. The smallest absolute Gasteiger partial charge is 0.386 e. The minimum atomic E-state index is -6.89. The third kappa shape index (κ3) is 12.9. The van der Waals surface area contributed by atoms with E-state index >= 15 is 0 Å². The van der Waals surface area contributed by atoms with Crippen LogP contribution in [-0.4, -0.2) is 56.3 Å². The average Bonchev–Trinajstić information content (AvgIpc) is 3.74. The molecule has 61 heavy (non-hydrogen) atoms. The van der Waals surface area contributed by atoms with E-state index in [0.717, 1.165) is 0 Å². The van der Waals surface area contributed by atoms with E-state index in [-0.39, 0.29) is 27.7 Å². The molecule has 0 radical (unpaired) electrons. The average molecular weight is 1060 g/mol. The molecule has 0 spiro atoms.